The Kier molecular flexibility index (Phi) is 3.50. The number of rotatable bonds is 2. The van der Waals surface area contributed by atoms with E-state index in [0.29, 0.717) is 0 Å². The fourth-order valence-corrected chi connectivity index (χ4v) is 1.83. The largest absolute Gasteiger partial charge is 0.388 e. The Morgan fingerprint density at radius 3 is 2.42 bits per heavy atom. The number of aliphatic hydroxyl groups is 1. The molecule has 12 heavy (non-hydrogen) atoms. The van der Waals surface area contributed by atoms with E-state index in [4.69, 9.17) is 9.47 Å². The molecule has 0 spiro atoms. The monoisotopic (exact) mass is 174 g/mol. The zero-order valence-electron chi connectivity index (χ0n) is 7.88. The molecule has 0 aromatic rings. The van der Waals surface area contributed by atoms with Crippen molar-refractivity contribution in [3.8, 4) is 0 Å². The van der Waals surface area contributed by atoms with Crippen molar-refractivity contribution in [1.82, 2.24) is 0 Å². The quantitative estimate of drug-likeness (QED) is 0.506. The first-order chi connectivity index (χ1) is 5.75. The summed E-state index contributed by atoms with van der Waals surface area (Å²) >= 11 is 0. The van der Waals surface area contributed by atoms with Crippen molar-refractivity contribution < 1.29 is 14.6 Å². The van der Waals surface area contributed by atoms with Crippen molar-refractivity contribution in [2.24, 2.45) is 0 Å². The lowest BCUT2D eigenvalue weighted by atomic mass is 10.0. The molecule has 0 aliphatic heterocycles. The van der Waals surface area contributed by atoms with Gasteiger partial charge in [-0.3, -0.25) is 0 Å². The molecule has 1 atom stereocenters. The van der Waals surface area contributed by atoms with Gasteiger partial charge in [-0.1, -0.05) is 12.8 Å². The van der Waals surface area contributed by atoms with Gasteiger partial charge in [0, 0.05) is 20.6 Å². The number of ether oxygens (including phenoxy) is 2. The molecule has 0 aromatic heterocycles. The summed E-state index contributed by atoms with van der Waals surface area (Å²) in [5, 5.41) is 9.75. The molecule has 1 aliphatic carbocycles. The molecule has 1 fully saturated rings. The molecule has 72 valence electrons. The van der Waals surface area contributed by atoms with Crippen LogP contribution in [-0.2, 0) is 9.47 Å². The summed E-state index contributed by atoms with van der Waals surface area (Å²) in [6.07, 6.45) is 4.39. The van der Waals surface area contributed by atoms with Gasteiger partial charge >= 0.3 is 0 Å². The maximum atomic E-state index is 9.75. The Hall–Kier alpha value is -0.120. The summed E-state index contributed by atoms with van der Waals surface area (Å²) in [6.45, 7) is 0. The zero-order valence-corrected chi connectivity index (χ0v) is 7.88. The maximum absolute atomic E-state index is 9.75. The van der Waals surface area contributed by atoms with E-state index in [1.54, 1.807) is 14.2 Å². The Labute approximate surface area is 73.7 Å². The van der Waals surface area contributed by atoms with Gasteiger partial charge in [-0.15, -0.1) is 0 Å². The van der Waals surface area contributed by atoms with Gasteiger partial charge in [-0.25, -0.2) is 0 Å². The topological polar surface area (TPSA) is 38.7 Å². The van der Waals surface area contributed by atoms with E-state index < -0.39 is 11.9 Å². The predicted molar refractivity (Wildman–Crippen MR) is 45.8 cm³/mol. The van der Waals surface area contributed by atoms with Crippen molar-refractivity contribution in [3.05, 3.63) is 0 Å². The predicted octanol–water partition coefficient (Wildman–Crippen LogP) is 1.30. The standard InChI is InChI=1S/C9H18O3/c1-11-9(12-2)7-5-3-4-6-8(9)10/h8,10H,3-7H2,1-2H3. The minimum Gasteiger partial charge on any atom is -0.388 e. The maximum Gasteiger partial charge on any atom is 0.193 e. The van der Waals surface area contributed by atoms with E-state index in [2.05, 4.69) is 0 Å². The van der Waals surface area contributed by atoms with Crippen molar-refractivity contribution in [1.29, 1.82) is 0 Å². The van der Waals surface area contributed by atoms with Gasteiger partial charge < -0.3 is 14.6 Å². The fourth-order valence-electron chi connectivity index (χ4n) is 1.83. The van der Waals surface area contributed by atoms with E-state index in [1.807, 2.05) is 0 Å². The van der Waals surface area contributed by atoms with E-state index >= 15 is 0 Å². The van der Waals surface area contributed by atoms with E-state index in [1.165, 1.54) is 0 Å². The molecule has 0 radical (unpaired) electrons. The minimum absolute atomic E-state index is 0.477. The smallest absolute Gasteiger partial charge is 0.193 e. The summed E-state index contributed by atoms with van der Waals surface area (Å²) < 4.78 is 10.5. The first kappa shape index (κ1) is 9.96. The van der Waals surface area contributed by atoms with Crippen molar-refractivity contribution in [3.63, 3.8) is 0 Å². The van der Waals surface area contributed by atoms with Crippen LogP contribution >= 0.6 is 0 Å². The van der Waals surface area contributed by atoms with Crippen LogP contribution in [0.25, 0.3) is 0 Å². The summed E-state index contributed by atoms with van der Waals surface area (Å²) in [7, 11) is 3.19. The average molecular weight is 174 g/mol. The normalized spacial score (nSPS) is 29.8. The third-order valence-electron chi connectivity index (χ3n) is 2.70. The van der Waals surface area contributed by atoms with Crippen LogP contribution in [0.2, 0.25) is 0 Å². The highest BCUT2D eigenvalue weighted by atomic mass is 16.7. The van der Waals surface area contributed by atoms with Crippen LogP contribution < -0.4 is 0 Å². The van der Waals surface area contributed by atoms with Crippen LogP contribution in [0.1, 0.15) is 32.1 Å². The highest BCUT2D eigenvalue weighted by Crippen LogP contribution is 2.30. The molecule has 1 unspecified atom stereocenters. The Balaban J connectivity index is 2.66. The van der Waals surface area contributed by atoms with Crippen LogP contribution in [-0.4, -0.2) is 31.2 Å². The van der Waals surface area contributed by atoms with Gasteiger partial charge in [0.1, 0.15) is 6.10 Å². The SMILES string of the molecule is COC1(OC)CCCCCC1O. The second-order valence-corrected chi connectivity index (χ2v) is 3.34. The molecule has 0 amide bonds. The summed E-state index contributed by atoms with van der Waals surface area (Å²) in [5.41, 5.74) is 0. The summed E-state index contributed by atoms with van der Waals surface area (Å²) in [4.78, 5) is 0. The summed E-state index contributed by atoms with van der Waals surface area (Å²) in [5.74, 6) is -0.740. The number of hydrogen-bond acceptors (Lipinski definition) is 3. The molecule has 1 saturated carbocycles. The Morgan fingerprint density at radius 2 is 1.83 bits per heavy atom. The summed E-state index contributed by atoms with van der Waals surface area (Å²) in [6, 6.07) is 0. The molecule has 1 aliphatic rings. The molecular formula is C9H18O3. The molecule has 0 heterocycles. The lowest BCUT2D eigenvalue weighted by molar-refractivity contribution is -0.261. The molecule has 0 aromatic carbocycles. The van der Waals surface area contributed by atoms with Gasteiger partial charge in [0.15, 0.2) is 5.79 Å². The molecule has 0 bridgehead atoms. The van der Waals surface area contributed by atoms with Gasteiger partial charge in [0.05, 0.1) is 0 Å². The number of methoxy groups -OCH3 is 2. The van der Waals surface area contributed by atoms with Crippen LogP contribution in [0.5, 0.6) is 0 Å². The fraction of sp³-hybridized carbons (Fsp3) is 1.00. The van der Waals surface area contributed by atoms with E-state index in [-0.39, 0.29) is 0 Å². The van der Waals surface area contributed by atoms with Gasteiger partial charge in [0.25, 0.3) is 0 Å². The molecule has 1 N–H and O–H groups in total. The Bertz CT molecular complexity index is 132. The van der Waals surface area contributed by atoms with Crippen LogP contribution in [0.15, 0.2) is 0 Å². The third kappa shape index (κ3) is 1.79. The van der Waals surface area contributed by atoms with Crippen molar-refractivity contribution in [2.75, 3.05) is 14.2 Å². The molecule has 1 rings (SSSR count). The average Bonchev–Trinajstić information content (AvgIpc) is 2.28. The molecule has 3 nitrogen and oxygen atoms in total. The van der Waals surface area contributed by atoms with Crippen molar-refractivity contribution >= 4 is 0 Å². The Morgan fingerprint density at radius 1 is 1.17 bits per heavy atom. The molecule has 0 saturated heterocycles. The lowest BCUT2D eigenvalue weighted by Gasteiger charge is -2.33. The van der Waals surface area contributed by atoms with Crippen LogP contribution in [0.4, 0.5) is 0 Å². The van der Waals surface area contributed by atoms with Gasteiger partial charge in [0.2, 0.25) is 0 Å². The molecular weight excluding hydrogens is 156 g/mol. The first-order valence-electron chi connectivity index (χ1n) is 4.53. The molecule has 3 heteroatoms. The van der Waals surface area contributed by atoms with Crippen molar-refractivity contribution in [2.45, 2.75) is 44.0 Å². The van der Waals surface area contributed by atoms with E-state index in [0.717, 1.165) is 32.1 Å². The first-order valence-corrected chi connectivity index (χ1v) is 4.53. The van der Waals surface area contributed by atoms with Crippen LogP contribution in [0.3, 0.4) is 0 Å². The highest BCUT2D eigenvalue weighted by molar-refractivity contribution is 4.81. The van der Waals surface area contributed by atoms with Gasteiger partial charge in [-0.05, 0) is 12.8 Å². The lowest BCUT2D eigenvalue weighted by Crippen LogP contribution is -2.45. The number of aliphatic hydroxyl groups excluding tert-OH is 1. The highest BCUT2D eigenvalue weighted by Gasteiger charge is 2.38. The zero-order chi connectivity index (χ0) is 9.03. The minimum atomic E-state index is -0.740. The second kappa shape index (κ2) is 4.21. The van der Waals surface area contributed by atoms with Crippen LogP contribution in [0, 0.1) is 0 Å². The second-order valence-electron chi connectivity index (χ2n) is 3.34. The third-order valence-corrected chi connectivity index (χ3v) is 2.70. The number of hydrogen-bond donors (Lipinski definition) is 1. The van der Waals surface area contributed by atoms with Gasteiger partial charge in [-0.2, -0.15) is 0 Å². The van der Waals surface area contributed by atoms with E-state index in [9.17, 15) is 5.11 Å².